The van der Waals surface area contributed by atoms with Crippen LogP contribution in [0.15, 0.2) is 22.7 Å². The smallest absolute Gasteiger partial charge is 0.316 e. The highest BCUT2D eigenvalue weighted by Gasteiger charge is 2.10. The van der Waals surface area contributed by atoms with Crippen molar-refractivity contribution in [3.05, 3.63) is 22.4 Å². The number of thiophene rings is 1. The van der Waals surface area contributed by atoms with Crippen LogP contribution in [0.3, 0.4) is 0 Å². The quantitative estimate of drug-likeness (QED) is 0.597. The van der Waals surface area contributed by atoms with Gasteiger partial charge in [0.2, 0.25) is 5.16 Å². The number of esters is 1. The molecule has 0 unspecified atom stereocenters. The van der Waals surface area contributed by atoms with Gasteiger partial charge in [-0.25, -0.2) is 4.68 Å². The lowest BCUT2D eigenvalue weighted by Gasteiger charge is -2.01. The van der Waals surface area contributed by atoms with E-state index in [1.54, 1.807) is 16.0 Å². The average Bonchev–Trinajstić information content (AvgIpc) is 2.98. The standard InChI is InChI=1S/C9H10N4O2S2/c1-15-8(14)6-17-9-10-11-12-13(9)5-7-3-2-4-16-7/h2-4H,5-6H2,1H3. The molecule has 0 saturated heterocycles. The topological polar surface area (TPSA) is 69.9 Å². The maximum absolute atomic E-state index is 11.0. The van der Waals surface area contributed by atoms with Gasteiger partial charge in [0.1, 0.15) is 0 Å². The molecule has 0 amide bonds. The molecular weight excluding hydrogens is 260 g/mol. The lowest BCUT2D eigenvalue weighted by atomic mass is 10.5. The third-order valence-corrected chi connectivity index (χ3v) is 3.72. The lowest BCUT2D eigenvalue weighted by molar-refractivity contribution is -0.137. The molecule has 8 heteroatoms. The molecule has 0 bridgehead atoms. The van der Waals surface area contributed by atoms with Gasteiger partial charge in [0.15, 0.2) is 0 Å². The molecule has 0 spiro atoms. The number of hydrogen-bond acceptors (Lipinski definition) is 7. The van der Waals surface area contributed by atoms with Gasteiger partial charge in [-0.05, 0) is 21.9 Å². The average molecular weight is 270 g/mol. The maximum atomic E-state index is 11.0. The molecule has 2 aromatic rings. The van der Waals surface area contributed by atoms with Crippen LogP contribution in [-0.2, 0) is 16.1 Å². The Morgan fingerprint density at radius 3 is 3.24 bits per heavy atom. The number of nitrogens with zero attached hydrogens (tertiary/aromatic N) is 4. The number of carbonyl (C=O) groups excluding carboxylic acids is 1. The van der Waals surface area contributed by atoms with Crippen LogP contribution < -0.4 is 0 Å². The second kappa shape index (κ2) is 5.78. The molecule has 0 N–H and O–H groups in total. The summed E-state index contributed by atoms with van der Waals surface area (Å²) in [6.45, 7) is 0.619. The van der Waals surface area contributed by atoms with Crippen LogP contribution in [0.25, 0.3) is 0 Å². The molecule has 90 valence electrons. The van der Waals surface area contributed by atoms with Gasteiger partial charge in [0.25, 0.3) is 0 Å². The normalized spacial score (nSPS) is 10.4. The Labute approximate surface area is 106 Å². The summed E-state index contributed by atoms with van der Waals surface area (Å²) in [5.41, 5.74) is 0. The second-order valence-electron chi connectivity index (χ2n) is 3.06. The van der Waals surface area contributed by atoms with Gasteiger partial charge in [0.05, 0.1) is 19.4 Å². The van der Waals surface area contributed by atoms with E-state index in [1.165, 1.54) is 18.9 Å². The Morgan fingerprint density at radius 1 is 1.65 bits per heavy atom. The highest BCUT2D eigenvalue weighted by molar-refractivity contribution is 7.99. The van der Waals surface area contributed by atoms with Crippen LogP contribution >= 0.6 is 23.1 Å². The van der Waals surface area contributed by atoms with E-state index >= 15 is 0 Å². The molecule has 0 aliphatic heterocycles. The number of tetrazole rings is 1. The van der Waals surface area contributed by atoms with Crippen molar-refractivity contribution in [3.8, 4) is 0 Å². The SMILES string of the molecule is COC(=O)CSc1nnnn1Cc1cccs1. The Balaban J connectivity index is 1.99. The van der Waals surface area contributed by atoms with E-state index in [1.807, 2.05) is 17.5 Å². The molecule has 6 nitrogen and oxygen atoms in total. The van der Waals surface area contributed by atoms with Crippen molar-refractivity contribution in [2.24, 2.45) is 0 Å². The molecule has 0 saturated carbocycles. The summed E-state index contributed by atoms with van der Waals surface area (Å²) in [4.78, 5) is 12.2. The van der Waals surface area contributed by atoms with E-state index in [0.717, 1.165) is 4.88 Å². The van der Waals surface area contributed by atoms with Crippen LogP contribution in [0.4, 0.5) is 0 Å². The Morgan fingerprint density at radius 2 is 2.53 bits per heavy atom. The molecule has 2 aromatic heterocycles. The first-order valence-corrected chi connectivity index (χ1v) is 6.64. The van der Waals surface area contributed by atoms with Crippen molar-refractivity contribution in [3.63, 3.8) is 0 Å². The van der Waals surface area contributed by atoms with Crippen molar-refractivity contribution in [1.29, 1.82) is 0 Å². The van der Waals surface area contributed by atoms with Crippen LogP contribution in [0.1, 0.15) is 4.88 Å². The first kappa shape index (κ1) is 12.1. The van der Waals surface area contributed by atoms with E-state index in [9.17, 15) is 4.79 Å². The van der Waals surface area contributed by atoms with E-state index in [-0.39, 0.29) is 11.7 Å². The molecule has 0 aromatic carbocycles. The van der Waals surface area contributed by atoms with Crippen LogP contribution in [0, 0.1) is 0 Å². The van der Waals surface area contributed by atoms with Crippen LogP contribution in [0.5, 0.6) is 0 Å². The predicted octanol–water partition coefficient (Wildman–Crippen LogP) is 1.05. The summed E-state index contributed by atoms with van der Waals surface area (Å²) >= 11 is 2.91. The first-order chi connectivity index (χ1) is 8.29. The van der Waals surface area contributed by atoms with Gasteiger partial charge >= 0.3 is 5.97 Å². The highest BCUT2D eigenvalue weighted by Crippen LogP contribution is 2.16. The van der Waals surface area contributed by atoms with Gasteiger partial charge in [-0.1, -0.05) is 17.8 Å². The van der Waals surface area contributed by atoms with Crippen molar-refractivity contribution in [2.45, 2.75) is 11.7 Å². The third-order valence-electron chi connectivity index (χ3n) is 1.93. The second-order valence-corrected chi connectivity index (χ2v) is 5.04. The minimum absolute atomic E-state index is 0.210. The third kappa shape index (κ3) is 3.27. The molecule has 17 heavy (non-hydrogen) atoms. The number of rotatable bonds is 5. The van der Waals surface area contributed by atoms with Crippen molar-refractivity contribution >= 4 is 29.1 Å². The summed E-state index contributed by atoms with van der Waals surface area (Å²) in [5.74, 6) is -0.0814. The van der Waals surface area contributed by atoms with E-state index < -0.39 is 0 Å². The molecule has 0 aliphatic carbocycles. The number of hydrogen-bond donors (Lipinski definition) is 0. The first-order valence-electron chi connectivity index (χ1n) is 4.78. The minimum atomic E-state index is -0.291. The predicted molar refractivity (Wildman–Crippen MR) is 64.0 cm³/mol. The molecule has 0 atom stereocenters. The Kier molecular flexibility index (Phi) is 4.10. The molecule has 0 fully saturated rings. The largest absolute Gasteiger partial charge is 0.468 e. The monoisotopic (exact) mass is 270 g/mol. The van der Waals surface area contributed by atoms with Crippen LogP contribution in [-0.4, -0.2) is 39.0 Å². The van der Waals surface area contributed by atoms with E-state index in [0.29, 0.717) is 11.7 Å². The fraction of sp³-hybridized carbons (Fsp3) is 0.333. The zero-order valence-electron chi connectivity index (χ0n) is 9.07. The lowest BCUT2D eigenvalue weighted by Crippen LogP contribution is -2.06. The Bertz CT molecular complexity index is 483. The van der Waals surface area contributed by atoms with Gasteiger partial charge < -0.3 is 4.74 Å². The zero-order valence-corrected chi connectivity index (χ0v) is 10.7. The molecule has 0 aliphatic rings. The highest BCUT2D eigenvalue weighted by atomic mass is 32.2. The van der Waals surface area contributed by atoms with Gasteiger partial charge in [-0.3, -0.25) is 4.79 Å². The fourth-order valence-electron chi connectivity index (χ4n) is 1.13. The number of carbonyl (C=O) groups is 1. The molecule has 2 heterocycles. The van der Waals surface area contributed by atoms with Gasteiger partial charge in [-0.15, -0.1) is 16.4 Å². The van der Waals surface area contributed by atoms with Crippen molar-refractivity contribution < 1.29 is 9.53 Å². The maximum Gasteiger partial charge on any atom is 0.316 e. The zero-order chi connectivity index (χ0) is 12.1. The molecular formula is C9H10N4O2S2. The summed E-state index contributed by atoms with van der Waals surface area (Å²) in [6, 6.07) is 3.99. The number of aromatic nitrogens is 4. The van der Waals surface area contributed by atoms with Crippen LogP contribution in [0.2, 0.25) is 0 Å². The van der Waals surface area contributed by atoms with E-state index in [4.69, 9.17) is 0 Å². The van der Waals surface area contributed by atoms with Gasteiger partial charge in [-0.2, -0.15) is 0 Å². The van der Waals surface area contributed by atoms with Crippen molar-refractivity contribution in [1.82, 2.24) is 20.2 Å². The summed E-state index contributed by atoms with van der Waals surface area (Å²) in [5, 5.41) is 14.0. The van der Waals surface area contributed by atoms with E-state index in [2.05, 4.69) is 20.3 Å². The number of thioether (sulfide) groups is 1. The molecule has 0 radical (unpaired) electrons. The Hall–Kier alpha value is -1.41. The van der Waals surface area contributed by atoms with Gasteiger partial charge in [0, 0.05) is 4.88 Å². The number of ether oxygens (including phenoxy) is 1. The molecule has 2 rings (SSSR count). The summed E-state index contributed by atoms with van der Waals surface area (Å²) < 4.78 is 6.22. The summed E-state index contributed by atoms with van der Waals surface area (Å²) in [6.07, 6.45) is 0. The number of methoxy groups -OCH3 is 1. The van der Waals surface area contributed by atoms with Crippen molar-refractivity contribution in [2.75, 3.05) is 12.9 Å². The minimum Gasteiger partial charge on any atom is -0.468 e. The summed E-state index contributed by atoms with van der Waals surface area (Å²) in [7, 11) is 1.36. The fourth-order valence-corrected chi connectivity index (χ4v) is 2.53.